The van der Waals surface area contributed by atoms with Crippen LogP contribution in [0.5, 0.6) is 5.75 Å². The second-order valence-electron chi connectivity index (χ2n) is 7.84. The van der Waals surface area contributed by atoms with Crippen molar-refractivity contribution >= 4 is 16.3 Å². The van der Waals surface area contributed by atoms with Crippen LogP contribution in [0.4, 0.5) is 0 Å². The second kappa shape index (κ2) is 8.45. The maximum atomic E-state index is 12.0. The van der Waals surface area contributed by atoms with Gasteiger partial charge >= 0.3 is 5.97 Å². The van der Waals surface area contributed by atoms with Crippen LogP contribution in [-0.2, 0) is 16.1 Å². The standard InChI is InChI=1S/C20H35NO3S/c1-9-23-18(22)20(6,7)21-15-16-12-11-13-17(14-16)24-25(8,10-2)19(3,4)5/h11-14,21H,9-10,15H2,1-8H3. The highest BCUT2D eigenvalue weighted by Crippen LogP contribution is 2.56. The first kappa shape index (κ1) is 21.8. The molecule has 1 aromatic rings. The van der Waals surface area contributed by atoms with Gasteiger partial charge in [0.15, 0.2) is 0 Å². The van der Waals surface area contributed by atoms with E-state index in [0.29, 0.717) is 13.2 Å². The highest BCUT2D eigenvalue weighted by molar-refractivity contribution is 8.30. The van der Waals surface area contributed by atoms with E-state index in [1.54, 1.807) is 0 Å². The third kappa shape index (κ3) is 5.93. The number of hydrogen-bond donors (Lipinski definition) is 1. The van der Waals surface area contributed by atoms with Crippen molar-refractivity contribution < 1.29 is 13.7 Å². The third-order valence-electron chi connectivity index (χ3n) is 4.55. The number of carbonyl (C=O) groups is 1. The summed E-state index contributed by atoms with van der Waals surface area (Å²) in [5, 5.41) is 3.27. The first-order chi connectivity index (χ1) is 11.4. The number of rotatable bonds is 8. The summed E-state index contributed by atoms with van der Waals surface area (Å²) in [6.07, 6.45) is 2.24. The van der Waals surface area contributed by atoms with Crippen molar-refractivity contribution in [1.82, 2.24) is 5.32 Å². The van der Waals surface area contributed by atoms with Gasteiger partial charge in [-0.15, -0.1) is 0 Å². The Morgan fingerprint density at radius 3 is 2.32 bits per heavy atom. The number of carbonyl (C=O) groups excluding carboxylic acids is 1. The fraction of sp³-hybridized carbons (Fsp3) is 0.650. The molecule has 1 N–H and O–H groups in total. The Bertz CT molecular complexity index is 581. The SMILES string of the molecule is CCOC(=O)C(C)(C)NCc1cccc(OS(C)(CC)C(C)(C)C)c1. The zero-order chi connectivity index (χ0) is 19.3. The van der Waals surface area contributed by atoms with Crippen molar-refractivity contribution in [2.75, 3.05) is 18.6 Å². The van der Waals surface area contributed by atoms with Crippen molar-refractivity contribution in [3.05, 3.63) is 29.8 Å². The van der Waals surface area contributed by atoms with E-state index in [2.05, 4.69) is 45.3 Å². The number of ether oxygens (including phenoxy) is 1. The first-order valence-corrected chi connectivity index (χ1v) is 11.0. The molecule has 0 fully saturated rings. The molecule has 1 unspecified atom stereocenters. The number of esters is 1. The topological polar surface area (TPSA) is 47.6 Å². The highest BCUT2D eigenvalue weighted by atomic mass is 32.3. The lowest BCUT2D eigenvalue weighted by atomic mass is 10.1. The van der Waals surface area contributed by atoms with Crippen LogP contribution in [-0.4, -0.2) is 34.9 Å². The van der Waals surface area contributed by atoms with Gasteiger partial charge in [-0.25, -0.2) is 0 Å². The summed E-state index contributed by atoms with van der Waals surface area (Å²) >= 11 is 0. The molecule has 0 saturated heterocycles. The van der Waals surface area contributed by atoms with Gasteiger partial charge in [0.05, 0.1) is 6.61 Å². The zero-order valence-electron chi connectivity index (χ0n) is 17.1. The summed E-state index contributed by atoms with van der Waals surface area (Å²) in [6, 6.07) is 8.10. The molecule has 1 aromatic carbocycles. The van der Waals surface area contributed by atoms with E-state index in [1.165, 1.54) is 0 Å². The van der Waals surface area contributed by atoms with Crippen LogP contribution in [0.1, 0.15) is 54.0 Å². The van der Waals surface area contributed by atoms with E-state index < -0.39 is 15.8 Å². The van der Waals surface area contributed by atoms with E-state index >= 15 is 0 Å². The van der Waals surface area contributed by atoms with Crippen molar-refractivity contribution in [2.45, 2.75) is 65.3 Å². The fourth-order valence-electron chi connectivity index (χ4n) is 2.24. The second-order valence-corrected chi connectivity index (χ2v) is 11.8. The third-order valence-corrected chi connectivity index (χ3v) is 8.80. The van der Waals surface area contributed by atoms with Gasteiger partial charge in [-0.05, 0) is 65.5 Å². The molecule has 25 heavy (non-hydrogen) atoms. The lowest BCUT2D eigenvalue weighted by Gasteiger charge is -2.46. The van der Waals surface area contributed by atoms with E-state index in [4.69, 9.17) is 8.92 Å². The molecule has 0 bridgehead atoms. The highest BCUT2D eigenvalue weighted by Gasteiger charge is 2.33. The predicted octanol–water partition coefficient (Wildman–Crippen LogP) is 4.66. The van der Waals surface area contributed by atoms with Gasteiger partial charge in [-0.2, -0.15) is 0 Å². The molecule has 0 aliphatic carbocycles. The summed E-state index contributed by atoms with van der Waals surface area (Å²) in [5.74, 6) is 1.66. The minimum absolute atomic E-state index is 0.113. The van der Waals surface area contributed by atoms with Crippen molar-refractivity contribution in [2.24, 2.45) is 0 Å². The quantitative estimate of drug-likeness (QED) is 0.677. The smallest absolute Gasteiger partial charge is 0.325 e. The molecule has 0 heterocycles. The molecule has 0 aliphatic rings. The Kier molecular flexibility index (Phi) is 7.39. The number of benzene rings is 1. The van der Waals surface area contributed by atoms with Gasteiger partial charge < -0.3 is 8.92 Å². The summed E-state index contributed by atoms with van der Waals surface area (Å²) < 4.78 is 11.7. The number of nitrogens with one attached hydrogen (secondary N) is 1. The minimum atomic E-state index is -1.22. The van der Waals surface area contributed by atoms with E-state index in [0.717, 1.165) is 17.1 Å². The molecule has 0 amide bonds. The number of hydrogen-bond acceptors (Lipinski definition) is 4. The van der Waals surface area contributed by atoms with E-state index in [-0.39, 0.29) is 10.7 Å². The minimum Gasteiger partial charge on any atom is -0.465 e. The molecule has 0 aromatic heterocycles. The molecular formula is C20H35NO3S. The molecule has 144 valence electrons. The summed E-state index contributed by atoms with van der Waals surface area (Å²) in [5.41, 5.74) is 0.364. The van der Waals surface area contributed by atoms with Crippen molar-refractivity contribution in [1.29, 1.82) is 0 Å². The van der Waals surface area contributed by atoms with Crippen molar-refractivity contribution in [3.63, 3.8) is 0 Å². The lowest BCUT2D eigenvalue weighted by Crippen LogP contribution is -2.47. The van der Waals surface area contributed by atoms with Gasteiger partial charge in [-0.3, -0.25) is 10.1 Å². The lowest BCUT2D eigenvalue weighted by molar-refractivity contribution is -0.149. The van der Waals surface area contributed by atoms with Crippen LogP contribution in [0.25, 0.3) is 0 Å². The fourth-order valence-corrected chi connectivity index (χ4v) is 4.01. The molecule has 1 atom stereocenters. The molecular weight excluding hydrogens is 334 g/mol. The molecule has 4 nitrogen and oxygen atoms in total. The van der Waals surface area contributed by atoms with Crippen LogP contribution < -0.4 is 9.50 Å². The Balaban J connectivity index is 2.84. The van der Waals surface area contributed by atoms with Gasteiger partial charge in [0.2, 0.25) is 0 Å². The Labute approximate surface area is 155 Å². The Hall–Kier alpha value is -1.20. The molecule has 0 radical (unpaired) electrons. The van der Waals surface area contributed by atoms with E-state index in [1.807, 2.05) is 39.0 Å². The van der Waals surface area contributed by atoms with Gasteiger partial charge in [-0.1, -0.05) is 29.4 Å². The molecule has 0 saturated carbocycles. The average molecular weight is 370 g/mol. The monoisotopic (exact) mass is 369 g/mol. The van der Waals surface area contributed by atoms with Crippen LogP contribution in [0, 0.1) is 0 Å². The normalized spacial score (nSPS) is 16.0. The Morgan fingerprint density at radius 1 is 1.16 bits per heavy atom. The largest absolute Gasteiger partial charge is 0.465 e. The maximum Gasteiger partial charge on any atom is 0.325 e. The Morgan fingerprint density at radius 2 is 1.80 bits per heavy atom. The molecule has 1 rings (SSSR count). The van der Waals surface area contributed by atoms with Crippen LogP contribution >= 0.6 is 10.3 Å². The first-order valence-electron chi connectivity index (χ1n) is 8.91. The molecule has 5 heteroatoms. The predicted molar refractivity (Wildman–Crippen MR) is 108 cm³/mol. The van der Waals surface area contributed by atoms with Crippen LogP contribution in [0.3, 0.4) is 0 Å². The van der Waals surface area contributed by atoms with Crippen LogP contribution in [0.15, 0.2) is 24.3 Å². The average Bonchev–Trinajstić information content (AvgIpc) is 2.52. The molecule has 0 aliphatic heterocycles. The summed E-state index contributed by atoms with van der Waals surface area (Å²) in [4.78, 5) is 12.0. The van der Waals surface area contributed by atoms with Gasteiger partial charge in [0, 0.05) is 17.0 Å². The zero-order valence-corrected chi connectivity index (χ0v) is 17.9. The summed E-state index contributed by atoms with van der Waals surface area (Å²) in [7, 11) is -1.22. The molecule has 0 spiro atoms. The maximum absolute atomic E-state index is 12.0. The van der Waals surface area contributed by atoms with Crippen LogP contribution in [0.2, 0.25) is 0 Å². The van der Waals surface area contributed by atoms with Gasteiger partial charge in [0.25, 0.3) is 0 Å². The van der Waals surface area contributed by atoms with Gasteiger partial charge in [0.1, 0.15) is 11.3 Å². The van der Waals surface area contributed by atoms with E-state index in [9.17, 15) is 4.79 Å². The van der Waals surface area contributed by atoms with Crippen molar-refractivity contribution in [3.8, 4) is 5.75 Å². The summed E-state index contributed by atoms with van der Waals surface area (Å²) in [6.45, 7) is 15.4.